The van der Waals surface area contributed by atoms with E-state index in [-0.39, 0.29) is 13.2 Å². The molecule has 3 rings (SSSR count). The summed E-state index contributed by atoms with van der Waals surface area (Å²) in [4.78, 5) is 25.3. The largest absolute Gasteiger partial charge is 0.497 e. The molecule has 1 aromatic carbocycles. The molecular formula is C20H24N2O6. The highest BCUT2D eigenvalue weighted by molar-refractivity contribution is 5.27. The fourth-order valence-corrected chi connectivity index (χ4v) is 3.46. The van der Waals surface area contributed by atoms with Gasteiger partial charge >= 0.3 is 5.69 Å². The van der Waals surface area contributed by atoms with Gasteiger partial charge < -0.3 is 19.7 Å². The maximum atomic E-state index is 13.0. The Balaban J connectivity index is 2.02. The summed E-state index contributed by atoms with van der Waals surface area (Å²) in [5.74, 6) is 0.176. The van der Waals surface area contributed by atoms with Crippen LogP contribution in [0.25, 0.3) is 0 Å². The van der Waals surface area contributed by atoms with E-state index in [9.17, 15) is 19.8 Å². The first-order valence-corrected chi connectivity index (χ1v) is 8.93. The molecule has 0 aliphatic carbocycles. The summed E-state index contributed by atoms with van der Waals surface area (Å²) in [5.41, 5.74) is -1.92. The van der Waals surface area contributed by atoms with E-state index in [1.165, 1.54) is 22.9 Å². The molecule has 1 aliphatic rings. The average molecular weight is 388 g/mol. The average Bonchev–Trinajstić information content (AvgIpc) is 2.97. The summed E-state index contributed by atoms with van der Waals surface area (Å²) in [6.45, 7) is 5.11. The Morgan fingerprint density at radius 1 is 1.29 bits per heavy atom. The minimum absolute atomic E-state index is 0.0563. The second kappa shape index (κ2) is 7.75. The lowest BCUT2D eigenvalue weighted by atomic mass is 9.86. The molecule has 0 bridgehead atoms. The third-order valence-electron chi connectivity index (χ3n) is 5.34. The maximum Gasteiger partial charge on any atom is 0.333 e. The van der Waals surface area contributed by atoms with Gasteiger partial charge in [-0.1, -0.05) is 25.1 Å². The summed E-state index contributed by atoms with van der Waals surface area (Å²) in [6, 6.07) is 8.25. The second-order valence-electron chi connectivity index (χ2n) is 6.87. The van der Waals surface area contributed by atoms with Gasteiger partial charge in [-0.25, -0.2) is 4.79 Å². The maximum absolute atomic E-state index is 13.0. The standard InChI is InChI=1S/C20H24N2O6/c1-4-20(26)13(2)16(12-23)28-18(20)21-10-9-17(24)22(19(21)25)11-14-5-7-15(27-3)8-6-14/h4-10,13,16,18,23,26H,1,11-12H2,2-3H3/t13-,16-,18-,20-/m1/s1. The molecule has 1 aliphatic heterocycles. The molecule has 8 heteroatoms. The Labute approximate surface area is 161 Å². The van der Waals surface area contributed by atoms with Crippen LogP contribution in [0.3, 0.4) is 0 Å². The zero-order chi connectivity index (χ0) is 20.5. The molecule has 0 amide bonds. The smallest absolute Gasteiger partial charge is 0.333 e. The van der Waals surface area contributed by atoms with E-state index in [2.05, 4.69) is 6.58 Å². The number of aliphatic hydroxyl groups excluding tert-OH is 1. The van der Waals surface area contributed by atoms with Crippen molar-refractivity contribution in [2.75, 3.05) is 13.7 Å². The van der Waals surface area contributed by atoms with Gasteiger partial charge in [0.05, 0.1) is 26.4 Å². The van der Waals surface area contributed by atoms with Crippen LogP contribution < -0.4 is 16.0 Å². The molecule has 2 N–H and O–H groups in total. The lowest BCUT2D eigenvalue weighted by molar-refractivity contribution is -0.0789. The van der Waals surface area contributed by atoms with Crippen LogP contribution in [0.1, 0.15) is 18.7 Å². The summed E-state index contributed by atoms with van der Waals surface area (Å²) in [6.07, 6.45) is 0.832. The number of rotatable bonds is 6. The van der Waals surface area contributed by atoms with Crippen molar-refractivity contribution in [3.63, 3.8) is 0 Å². The highest BCUT2D eigenvalue weighted by Crippen LogP contribution is 2.42. The Bertz CT molecular complexity index is 964. The van der Waals surface area contributed by atoms with Gasteiger partial charge in [0.25, 0.3) is 5.56 Å². The van der Waals surface area contributed by atoms with E-state index in [0.29, 0.717) is 5.75 Å². The molecule has 28 heavy (non-hydrogen) atoms. The van der Waals surface area contributed by atoms with Crippen molar-refractivity contribution < 1.29 is 19.7 Å². The number of benzene rings is 1. The fraction of sp³-hybridized carbons (Fsp3) is 0.400. The Morgan fingerprint density at radius 3 is 2.54 bits per heavy atom. The molecule has 0 unspecified atom stereocenters. The van der Waals surface area contributed by atoms with Crippen LogP contribution in [-0.4, -0.2) is 44.8 Å². The van der Waals surface area contributed by atoms with E-state index in [1.54, 1.807) is 38.3 Å². The number of methoxy groups -OCH3 is 1. The molecule has 4 atom stereocenters. The number of hydrogen-bond acceptors (Lipinski definition) is 6. The van der Waals surface area contributed by atoms with E-state index in [0.717, 1.165) is 10.1 Å². The molecule has 1 aromatic heterocycles. The molecule has 1 saturated heterocycles. The zero-order valence-electron chi connectivity index (χ0n) is 15.8. The molecule has 2 heterocycles. The Hall–Kier alpha value is -2.68. The minimum atomic E-state index is -1.57. The van der Waals surface area contributed by atoms with Crippen molar-refractivity contribution in [1.29, 1.82) is 0 Å². The fourth-order valence-electron chi connectivity index (χ4n) is 3.46. The number of nitrogens with zero attached hydrogens (tertiary/aromatic N) is 2. The quantitative estimate of drug-likeness (QED) is 0.699. The van der Waals surface area contributed by atoms with Gasteiger partial charge in [-0.05, 0) is 17.7 Å². The van der Waals surface area contributed by atoms with Gasteiger partial charge in [0, 0.05) is 18.2 Å². The number of hydrogen-bond donors (Lipinski definition) is 2. The summed E-state index contributed by atoms with van der Waals surface area (Å²) >= 11 is 0. The summed E-state index contributed by atoms with van der Waals surface area (Å²) in [7, 11) is 1.55. The van der Waals surface area contributed by atoms with Gasteiger partial charge in [-0.3, -0.25) is 13.9 Å². The Morgan fingerprint density at radius 2 is 1.96 bits per heavy atom. The third-order valence-corrected chi connectivity index (χ3v) is 5.34. The number of ether oxygens (including phenoxy) is 2. The van der Waals surface area contributed by atoms with Crippen molar-refractivity contribution >= 4 is 0 Å². The molecule has 2 aromatic rings. The molecular weight excluding hydrogens is 364 g/mol. The summed E-state index contributed by atoms with van der Waals surface area (Å²) < 4.78 is 13.1. The molecule has 8 nitrogen and oxygen atoms in total. The van der Waals surface area contributed by atoms with Crippen LogP contribution in [0.5, 0.6) is 5.75 Å². The first kappa shape index (κ1) is 20.1. The summed E-state index contributed by atoms with van der Waals surface area (Å²) in [5, 5.41) is 20.5. The van der Waals surface area contributed by atoms with Gasteiger partial charge in [0.1, 0.15) is 11.4 Å². The van der Waals surface area contributed by atoms with Gasteiger partial charge in [-0.2, -0.15) is 0 Å². The van der Waals surface area contributed by atoms with Gasteiger partial charge in [0.2, 0.25) is 0 Å². The predicted octanol–water partition coefficient (Wildman–Crippen LogP) is 0.510. The van der Waals surface area contributed by atoms with E-state index in [4.69, 9.17) is 9.47 Å². The van der Waals surface area contributed by atoms with Crippen LogP contribution in [0, 0.1) is 5.92 Å². The normalized spacial score (nSPS) is 26.9. The zero-order valence-corrected chi connectivity index (χ0v) is 15.8. The first-order chi connectivity index (χ1) is 13.3. The van der Waals surface area contributed by atoms with Crippen molar-refractivity contribution in [2.45, 2.75) is 31.4 Å². The molecule has 0 saturated carbocycles. The van der Waals surface area contributed by atoms with Gasteiger partial charge in [-0.15, -0.1) is 6.58 Å². The third kappa shape index (κ3) is 3.30. The van der Waals surface area contributed by atoms with Crippen LogP contribution in [0.2, 0.25) is 0 Å². The van der Waals surface area contributed by atoms with Gasteiger partial charge in [0.15, 0.2) is 6.23 Å². The van der Waals surface area contributed by atoms with Crippen molar-refractivity contribution in [3.05, 3.63) is 75.6 Å². The lowest BCUT2D eigenvalue weighted by Gasteiger charge is -2.29. The number of aromatic nitrogens is 2. The Kier molecular flexibility index (Phi) is 5.55. The van der Waals surface area contributed by atoms with Crippen LogP contribution >= 0.6 is 0 Å². The van der Waals surface area contributed by atoms with E-state index < -0.39 is 35.1 Å². The molecule has 1 fully saturated rings. The van der Waals surface area contributed by atoms with Crippen molar-refractivity contribution in [2.24, 2.45) is 5.92 Å². The minimum Gasteiger partial charge on any atom is -0.497 e. The predicted molar refractivity (Wildman–Crippen MR) is 102 cm³/mol. The molecule has 0 spiro atoms. The van der Waals surface area contributed by atoms with Crippen LogP contribution in [-0.2, 0) is 11.3 Å². The van der Waals surface area contributed by atoms with Crippen molar-refractivity contribution in [1.82, 2.24) is 9.13 Å². The second-order valence-corrected chi connectivity index (χ2v) is 6.87. The SMILES string of the molecule is C=C[C@@]1(O)[C@H](C)[C@@H](CO)O[C@H]1n1ccc(=O)n(Cc2ccc(OC)cc2)c1=O. The molecule has 0 radical (unpaired) electrons. The first-order valence-electron chi connectivity index (χ1n) is 8.93. The topological polar surface area (TPSA) is 103 Å². The van der Waals surface area contributed by atoms with Crippen LogP contribution in [0.15, 0.2) is 58.8 Å². The highest BCUT2D eigenvalue weighted by atomic mass is 16.5. The van der Waals surface area contributed by atoms with Crippen molar-refractivity contribution in [3.8, 4) is 5.75 Å². The highest BCUT2D eigenvalue weighted by Gasteiger charge is 2.52. The van der Waals surface area contributed by atoms with Crippen LogP contribution in [0.4, 0.5) is 0 Å². The number of aliphatic hydroxyl groups is 2. The lowest BCUT2D eigenvalue weighted by Crippen LogP contribution is -2.47. The van der Waals surface area contributed by atoms with E-state index in [1.807, 2.05) is 0 Å². The molecule has 150 valence electrons. The van der Waals surface area contributed by atoms with E-state index >= 15 is 0 Å². The monoisotopic (exact) mass is 388 g/mol.